The molecule has 0 saturated carbocycles. The van der Waals surface area contributed by atoms with Crippen LogP contribution < -0.4 is 5.32 Å². The highest BCUT2D eigenvalue weighted by Gasteiger charge is 2.15. The fraction of sp³-hybridized carbons (Fsp3) is 0.467. The number of benzene rings is 1. The molecule has 0 aromatic heterocycles. The molecule has 1 aromatic carbocycles. The van der Waals surface area contributed by atoms with E-state index in [0.717, 1.165) is 41.4 Å². The molecule has 1 nitrogen and oxygen atoms in total. The van der Waals surface area contributed by atoms with E-state index in [2.05, 4.69) is 34.7 Å². The minimum atomic E-state index is -0.145. The summed E-state index contributed by atoms with van der Waals surface area (Å²) in [7, 11) is 0. The van der Waals surface area contributed by atoms with E-state index in [1.807, 2.05) is 13.0 Å². The highest BCUT2D eigenvalue weighted by molar-refractivity contribution is 9.10. The third-order valence-corrected chi connectivity index (χ3v) is 3.33. The van der Waals surface area contributed by atoms with Gasteiger partial charge in [0.05, 0.1) is 0 Å². The molecular formula is C15H21BrFN. The fourth-order valence-electron chi connectivity index (χ4n) is 1.86. The minimum absolute atomic E-state index is 0.0548. The zero-order valence-corrected chi connectivity index (χ0v) is 12.7. The van der Waals surface area contributed by atoms with Crippen molar-refractivity contribution in [3.05, 3.63) is 46.2 Å². The first-order valence-electron chi connectivity index (χ1n) is 6.37. The molecule has 1 unspecified atom stereocenters. The summed E-state index contributed by atoms with van der Waals surface area (Å²) in [6.45, 7) is 8.93. The van der Waals surface area contributed by atoms with E-state index in [1.54, 1.807) is 6.07 Å². The maximum Gasteiger partial charge on any atom is 0.128 e. The Bertz CT molecular complexity index is 403. The van der Waals surface area contributed by atoms with Crippen molar-refractivity contribution in [1.29, 1.82) is 0 Å². The van der Waals surface area contributed by atoms with Gasteiger partial charge in [-0.15, -0.1) is 6.58 Å². The molecule has 0 radical (unpaired) electrons. The van der Waals surface area contributed by atoms with Crippen LogP contribution in [0.2, 0.25) is 0 Å². The fourth-order valence-corrected chi connectivity index (χ4v) is 2.24. The molecule has 0 amide bonds. The first-order valence-corrected chi connectivity index (χ1v) is 7.16. The van der Waals surface area contributed by atoms with Gasteiger partial charge in [0.25, 0.3) is 0 Å². The normalized spacial score (nSPS) is 12.4. The third-order valence-electron chi connectivity index (χ3n) is 2.83. The Balaban J connectivity index is 2.85. The Labute approximate surface area is 118 Å². The lowest BCUT2D eigenvalue weighted by molar-refractivity contribution is 0.473. The zero-order valence-electron chi connectivity index (χ0n) is 11.1. The van der Waals surface area contributed by atoms with E-state index in [1.165, 1.54) is 6.07 Å². The molecule has 1 rings (SSSR count). The van der Waals surface area contributed by atoms with E-state index in [9.17, 15) is 4.39 Å². The van der Waals surface area contributed by atoms with E-state index in [4.69, 9.17) is 0 Å². The Morgan fingerprint density at radius 2 is 2.22 bits per heavy atom. The highest BCUT2D eigenvalue weighted by Crippen LogP contribution is 2.26. The average molecular weight is 314 g/mol. The molecule has 0 fully saturated rings. The molecule has 0 aliphatic carbocycles. The van der Waals surface area contributed by atoms with E-state index < -0.39 is 0 Å². The summed E-state index contributed by atoms with van der Waals surface area (Å²) < 4.78 is 14.8. The van der Waals surface area contributed by atoms with Gasteiger partial charge in [0.2, 0.25) is 0 Å². The van der Waals surface area contributed by atoms with E-state index in [-0.39, 0.29) is 11.9 Å². The smallest absolute Gasteiger partial charge is 0.128 e. The van der Waals surface area contributed by atoms with Crippen molar-refractivity contribution < 1.29 is 4.39 Å². The van der Waals surface area contributed by atoms with Crippen LogP contribution in [0.5, 0.6) is 0 Å². The van der Waals surface area contributed by atoms with Crippen LogP contribution in [0.3, 0.4) is 0 Å². The summed E-state index contributed by atoms with van der Waals surface area (Å²) in [6, 6.07) is 5.16. The molecule has 18 heavy (non-hydrogen) atoms. The monoisotopic (exact) mass is 313 g/mol. The lowest BCUT2D eigenvalue weighted by atomic mass is 9.99. The first-order chi connectivity index (χ1) is 8.54. The molecular weight excluding hydrogens is 293 g/mol. The van der Waals surface area contributed by atoms with Gasteiger partial charge in [-0.25, -0.2) is 4.39 Å². The lowest BCUT2D eigenvalue weighted by Crippen LogP contribution is -2.23. The summed E-state index contributed by atoms with van der Waals surface area (Å²) in [6.07, 6.45) is 2.83. The van der Waals surface area contributed by atoms with Crippen LogP contribution in [-0.2, 0) is 0 Å². The second-order valence-electron chi connectivity index (χ2n) is 4.67. The van der Waals surface area contributed by atoms with E-state index in [0.29, 0.717) is 0 Å². The molecule has 1 aromatic rings. The number of hydrogen-bond acceptors (Lipinski definition) is 1. The number of nitrogens with one attached hydrogen (secondary N) is 1. The molecule has 100 valence electrons. The van der Waals surface area contributed by atoms with Crippen molar-refractivity contribution in [2.75, 3.05) is 6.54 Å². The standard InChI is InChI=1S/C15H21BrFN/c1-4-9-18-15(8-5-11(2)3)13-10-12(16)6-7-14(13)17/h6-7,10,15,18H,2,4-5,8-9H2,1,3H3. The summed E-state index contributed by atoms with van der Waals surface area (Å²) in [4.78, 5) is 0. The summed E-state index contributed by atoms with van der Waals surface area (Å²) in [5.41, 5.74) is 1.87. The van der Waals surface area contributed by atoms with Gasteiger partial charge in [0, 0.05) is 16.1 Å². The second-order valence-corrected chi connectivity index (χ2v) is 5.58. The van der Waals surface area contributed by atoms with Crippen molar-refractivity contribution in [3.8, 4) is 0 Å². The molecule has 0 bridgehead atoms. The number of hydrogen-bond donors (Lipinski definition) is 1. The summed E-state index contributed by atoms with van der Waals surface area (Å²) in [5, 5.41) is 3.41. The molecule has 1 N–H and O–H groups in total. The quantitative estimate of drug-likeness (QED) is 0.700. The minimum Gasteiger partial charge on any atom is -0.310 e. The highest BCUT2D eigenvalue weighted by atomic mass is 79.9. The van der Waals surface area contributed by atoms with Crippen molar-refractivity contribution in [3.63, 3.8) is 0 Å². The van der Waals surface area contributed by atoms with Crippen molar-refractivity contribution in [2.24, 2.45) is 0 Å². The Kier molecular flexibility index (Phi) is 6.58. The van der Waals surface area contributed by atoms with Crippen LogP contribution in [-0.4, -0.2) is 6.54 Å². The van der Waals surface area contributed by atoms with Crippen molar-refractivity contribution in [2.45, 2.75) is 39.2 Å². The Morgan fingerprint density at radius 3 is 2.83 bits per heavy atom. The van der Waals surface area contributed by atoms with Crippen LogP contribution >= 0.6 is 15.9 Å². The number of allylic oxidation sites excluding steroid dienone is 1. The second kappa shape index (κ2) is 7.70. The molecule has 0 aliphatic rings. The summed E-state index contributed by atoms with van der Waals surface area (Å²) in [5.74, 6) is -0.145. The average Bonchev–Trinajstić information content (AvgIpc) is 2.32. The molecule has 0 saturated heterocycles. The summed E-state index contributed by atoms with van der Waals surface area (Å²) >= 11 is 3.40. The van der Waals surface area contributed by atoms with Crippen molar-refractivity contribution >= 4 is 15.9 Å². The van der Waals surface area contributed by atoms with Gasteiger partial charge in [0.15, 0.2) is 0 Å². The van der Waals surface area contributed by atoms with Crippen LogP contribution in [0.25, 0.3) is 0 Å². The molecule has 0 aliphatic heterocycles. The maximum atomic E-state index is 13.9. The van der Waals surface area contributed by atoms with Crippen LogP contribution in [0.15, 0.2) is 34.8 Å². The topological polar surface area (TPSA) is 12.0 Å². The zero-order chi connectivity index (χ0) is 13.5. The first kappa shape index (κ1) is 15.4. The van der Waals surface area contributed by atoms with Crippen LogP contribution in [0.4, 0.5) is 4.39 Å². The Hall–Kier alpha value is -0.670. The molecule has 0 spiro atoms. The van der Waals surface area contributed by atoms with Crippen LogP contribution in [0, 0.1) is 5.82 Å². The maximum absolute atomic E-state index is 13.9. The lowest BCUT2D eigenvalue weighted by Gasteiger charge is -2.20. The molecule has 1 atom stereocenters. The predicted octanol–water partition coefficient (Wildman–Crippen LogP) is 4.99. The van der Waals surface area contributed by atoms with Gasteiger partial charge in [-0.1, -0.05) is 28.4 Å². The predicted molar refractivity (Wildman–Crippen MR) is 79.2 cm³/mol. The SMILES string of the molecule is C=C(C)CCC(NCCC)c1cc(Br)ccc1F. The van der Waals surface area contributed by atoms with Gasteiger partial charge in [-0.05, 0) is 50.9 Å². The Morgan fingerprint density at radius 1 is 1.50 bits per heavy atom. The third kappa shape index (κ3) is 4.91. The molecule has 3 heteroatoms. The molecule has 0 heterocycles. The largest absolute Gasteiger partial charge is 0.310 e. The number of halogens is 2. The van der Waals surface area contributed by atoms with Crippen LogP contribution in [0.1, 0.15) is 44.7 Å². The van der Waals surface area contributed by atoms with Gasteiger partial charge in [0.1, 0.15) is 5.82 Å². The van der Waals surface area contributed by atoms with E-state index >= 15 is 0 Å². The van der Waals surface area contributed by atoms with Gasteiger partial charge < -0.3 is 5.32 Å². The van der Waals surface area contributed by atoms with Gasteiger partial charge in [-0.2, -0.15) is 0 Å². The van der Waals surface area contributed by atoms with Crippen molar-refractivity contribution in [1.82, 2.24) is 5.32 Å². The number of rotatable bonds is 7. The van der Waals surface area contributed by atoms with Gasteiger partial charge in [-0.3, -0.25) is 0 Å². The van der Waals surface area contributed by atoms with Gasteiger partial charge >= 0.3 is 0 Å².